The van der Waals surface area contributed by atoms with Gasteiger partial charge in [0.05, 0.1) is 19.3 Å². The van der Waals surface area contributed by atoms with Gasteiger partial charge < -0.3 is 10.1 Å². The third-order valence-electron chi connectivity index (χ3n) is 4.69. The predicted molar refractivity (Wildman–Crippen MR) is 108 cm³/mol. The van der Waals surface area contributed by atoms with Crippen LogP contribution in [-0.4, -0.2) is 54.1 Å². The molecule has 2 aromatic rings. The quantitative estimate of drug-likeness (QED) is 0.794. The summed E-state index contributed by atoms with van der Waals surface area (Å²) in [6.45, 7) is 3.67. The summed E-state index contributed by atoms with van der Waals surface area (Å²) in [6.07, 6.45) is 1.67. The van der Waals surface area contributed by atoms with Crippen LogP contribution in [0.15, 0.2) is 54.6 Å². The number of hydrogen-bond donors (Lipinski definition) is 1. The Balaban J connectivity index is 1.69. The molecule has 5 nitrogen and oxygen atoms in total. The van der Waals surface area contributed by atoms with Crippen LogP contribution in [0.25, 0.3) is 0 Å². The Hall–Kier alpha value is -2.02. The summed E-state index contributed by atoms with van der Waals surface area (Å²) in [6, 6.07) is 17.7. The van der Waals surface area contributed by atoms with Gasteiger partial charge in [-0.05, 0) is 23.3 Å². The third-order valence-corrected chi connectivity index (χ3v) is 5.43. The van der Waals surface area contributed by atoms with Crippen LogP contribution in [0.4, 0.5) is 0 Å². The summed E-state index contributed by atoms with van der Waals surface area (Å²) in [5.74, 6) is 0.356. The monoisotopic (exact) mass is 386 g/mol. The van der Waals surface area contributed by atoms with Gasteiger partial charge in [0.1, 0.15) is 0 Å². The normalized spacial score (nSPS) is 17.2. The van der Waals surface area contributed by atoms with Gasteiger partial charge in [0.25, 0.3) is 5.91 Å². The summed E-state index contributed by atoms with van der Waals surface area (Å²) in [7, 11) is -0.928. The van der Waals surface area contributed by atoms with E-state index in [0.29, 0.717) is 31.1 Å². The molecule has 0 spiro atoms. The summed E-state index contributed by atoms with van der Waals surface area (Å²) >= 11 is 0. The first kappa shape index (κ1) is 19.7. The molecule has 1 saturated heterocycles. The fourth-order valence-electron chi connectivity index (χ4n) is 3.35. The first-order chi connectivity index (χ1) is 13.1. The fraction of sp³-hybridized carbons (Fsp3) is 0.381. The van der Waals surface area contributed by atoms with Crippen LogP contribution in [-0.2, 0) is 21.3 Å². The van der Waals surface area contributed by atoms with Crippen LogP contribution in [0.2, 0.25) is 0 Å². The molecule has 144 valence electrons. The van der Waals surface area contributed by atoms with Gasteiger partial charge in [-0.3, -0.25) is 13.9 Å². The predicted octanol–water partition coefficient (Wildman–Crippen LogP) is 2.37. The molecule has 1 aliphatic heterocycles. The summed E-state index contributed by atoms with van der Waals surface area (Å²) < 4.78 is 16.9. The molecule has 0 aromatic heterocycles. The Labute approximate surface area is 163 Å². The van der Waals surface area contributed by atoms with Crippen molar-refractivity contribution in [1.29, 1.82) is 0 Å². The zero-order chi connectivity index (χ0) is 19.1. The number of amides is 1. The Bertz CT molecular complexity index is 776. The topological polar surface area (TPSA) is 58.6 Å². The Kier molecular flexibility index (Phi) is 7.15. The van der Waals surface area contributed by atoms with E-state index in [1.165, 1.54) is 5.56 Å². The van der Waals surface area contributed by atoms with Crippen molar-refractivity contribution >= 4 is 16.7 Å². The molecule has 0 bridgehead atoms. The Morgan fingerprint density at radius 3 is 2.59 bits per heavy atom. The van der Waals surface area contributed by atoms with E-state index in [1.54, 1.807) is 12.3 Å². The molecule has 0 radical (unpaired) electrons. The molecule has 0 saturated carbocycles. The van der Waals surface area contributed by atoms with Gasteiger partial charge in [0, 0.05) is 48.0 Å². The van der Waals surface area contributed by atoms with E-state index in [2.05, 4.69) is 22.3 Å². The summed E-state index contributed by atoms with van der Waals surface area (Å²) in [4.78, 5) is 15.0. The molecule has 1 amide bonds. The maximum atomic E-state index is 12.7. The molecule has 1 N–H and O–H groups in total. The number of benzene rings is 2. The van der Waals surface area contributed by atoms with Gasteiger partial charge in [-0.2, -0.15) is 0 Å². The van der Waals surface area contributed by atoms with Gasteiger partial charge >= 0.3 is 0 Å². The van der Waals surface area contributed by atoms with Crippen molar-refractivity contribution in [2.45, 2.75) is 11.8 Å². The van der Waals surface area contributed by atoms with Gasteiger partial charge in [0.15, 0.2) is 0 Å². The molecule has 1 fully saturated rings. The van der Waals surface area contributed by atoms with E-state index in [1.807, 2.05) is 36.4 Å². The van der Waals surface area contributed by atoms with Crippen LogP contribution >= 0.6 is 0 Å². The number of ether oxygens (including phenoxy) is 1. The summed E-state index contributed by atoms with van der Waals surface area (Å²) in [5, 5.41) is 3.08. The lowest BCUT2D eigenvalue weighted by Crippen LogP contribution is -2.43. The first-order valence-electron chi connectivity index (χ1n) is 9.17. The number of rotatable bonds is 7. The molecule has 0 aliphatic carbocycles. The van der Waals surface area contributed by atoms with E-state index in [0.717, 1.165) is 18.7 Å². The average Bonchev–Trinajstić information content (AvgIpc) is 2.69. The Morgan fingerprint density at radius 2 is 1.89 bits per heavy atom. The highest BCUT2D eigenvalue weighted by molar-refractivity contribution is 7.83. The maximum absolute atomic E-state index is 12.7. The first-order valence-corrected chi connectivity index (χ1v) is 10.9. The number of nitrogens with one attached hydrogen (secondary N) is 1. The highest BCUT2D eigenvalue weighted by Gasteiger charge is 2.23. The second-order valence-electron chi connectivity index (χ2n) is 6.70. The number of carbonyl (C=O) groups excluding carboxylic acids is 1. The van der Waals surface area contributed by atoms with Crippen molar-refractivity contribution in [2.24, 2.45) is 0 Å². The number of morpholine rings is 1. The van der Waals surface area contributed by atoms with Gasteiger partial charge in [-0.15, -0.1) is 0 Å². The standard InChI is InChI=1S/C21H26N2O3S/c1-27(25)16-17-6-5-9-19(14-17)21(24)22-15-20(18-7-3-2-4-8-18)23-10-12-26-13-11-23/h2-9,14,20H,10-13,15-16H2,1H3,(H,22,24). The van der Waals surface area contributed by atoms with E-state index in [-0.39, 0.29) is 11.9 Å². The van der Waals surface area contributed by atoms with Crippen molar-refractivity contribution in [3.63, 3.8) is 0 Å². The zero-order valence-electron chi connectivity index (χ0n) is 15.6. The van der Waals surface area contributed by atoms with Crippen molar-refractivity contribution in [1.82, 2.24) is 10.2 Å². The van der Waals surface area contributed by atoms with Crippen LogP contribution < -0.4 is 5.32 Å². The van der Waals surface area contributed by atoms with Gasteiger partial charge in [-0.1, -0.05) is 42.5 Å². The molecular weight excluding hydrogens is 360 g/mol. The molecule has 6 heteroatoms. The third kappa shape index (κ3) is 5.73. The number of carbonyl (C=O) groups is 1. The largest absolute Gasteiger partial charge is 0.379 e. The molecule has 1 aliphatic rings. The number of nitrogens with zero attached hydrogens (tertiary/aromatic N) is 1. The van der Waals surface area contributed by atoms with Crippen molar-refractivity contribution < 1.29 is 13.7 Å². The van der Waals surface area contributed by atoms with Crippen molar-refractivity contribution in [3.8, 4) is 0 Å². The molecule has 2 aromatic carbocycles. The van der Waals surface area contributed by atoms with Crippen LogP contribution in [0.5, 0.6) is 0 Å². The average molecular weight is 387 g/mol. The minimum absolute atomic E-state index is 0.104. The molecule has 2 unspecified atom stereocenters. The number of hydrogen-bond acceptors (Lipinski definition) is 4. The molecule has 1 heterocycles. The lowest BCUT2D eigenvalue weighted by molar-refractivity contribution is 0.0162. The van der Waals surface area contributed by atoms with E-state index in [4.69, 9.17) is 4.74 Å². The molecule has 3 rings (SSSR count). The highest BCUT2D eigenvalue weighted by atomic mass is 32.2. The second-order valence-corrected chi connectivity index (χ2v) is 8.14. The van der Waals surface area contributed by atoms with E-state index in [9.17, 15) is 9.00 Å². The maximum Gasteiger partial charge on any atom is 0.251 e. The zero-order valence-corrected chi connectivity index (χ0v) is 16.4. The lowest BCUT2D eigenvalue weighted by atomic mass is 10.0. The molecular formula is C21H26N2O3S. The van der Waals surface area contributed by atoms with Crippen LogP contribution in [0, 0.1) is 0 Å². The molecule has 27 heavy (non-hydrogen) atoms. The van der Waals surface area contributed by atoms with Crippen LogP contribution in [0.1, 0.15) is 27.5 Å². The minimum Gasteiger partial charge on any atom is -0.379 e. The SMILES string of the molecule is CS(=O)Cc1cccc(C(=O)NCC(c2ccccc2)N2CCOCC2)c1. The lowest BCUT2D eigenvalue weighted by Gasteiger charge is -2.35. The Morgan fingerprint density at radius 1 is 1.15 bits per heavy atom. The second kappa shape index (κ2) is 9.78. The smallest absolute Gasteiger partial charge is 0.251 e. The highest BCUT2D eigenvalue weighted by Crippen LogP contribution is 2.21. The minimum atomic E-state index is -0.928. The van der Waals surface area contributed by atoms with Gasteiger partial charge in [-0.25, -0.2) is 0 Å². The summed E-state index contributed by atoms with van der Waals surface area (Å²) in [5.41, 5.74) is 2.71. The fourth-order valence-corrected chi connectivity index (χ4v) is 4.00. The molecule has 2 atom stereocenters. The van der Waals surface area contributed by atoms with Gasteiger partial charge in [0.2, 0.25) is 0 Å². The van der Waals surface area contributed by atoms with E-state index >= 15 is 0 Å². The van der Waals surface area contributed by atoms with Crippen LogP contribution in [0.3, 0.4) is 0 Å². The van der Waals surface area contributed by atoms with Crippen molar-refractivity contribution in [3.05, 3.63) is 71.3 Å². The van der Waals surface area contributed by atoms with E-state index < -0.39 is 10.8 Å². The van der Waals surface area contributed by atoms with Crippen molar-refractivity contribution in [2.75, 3.05) is 39.1 Å².